The smallest absolute Gasteiger partial charge is 0.337 e. The van der Waals surface area contributed by atoms with Gasteiger partial charge < -0.3 is 19.1 Å². The SMILES string of the molecule is O=C(O)c1ccn2c1Cc1c([nH]c3ccccc13)C2c1ccc2occc2c1. The minimum absolute atomic E-state index is 0.112. The number of aromatic nitrogens is 2. The van der Waals surface area contributed by atoms with E-state index in [0.29, 0.717) is 12.0 Å². The van der Waals surface area contributed by atoms with Crippen LogP contribution in [0.15, 0.2) is 71.5 Å². The van der Waals surface area contributed by atoms with Crippen molar-refractivity contribution >= 4 is 27.8 Å². The van der Waals surface area contributed by atoms with E-state index in [1.165, 1.54) is 5.56 Å². The van der Waals surface area contributed by atoms with Gasteiger partial charge in [-0.05, 0) is 41.5 Å². The first-order valence-electron chi connectivity index (χ1n) is 9.20. The van der Waals surface area contributed by atoms with Gasteiger partial charge in [0.25, 0.3) is 0 Å². The van der Waals surface area contributed by atoms with Gasteiger partial charge in [-0.15, -0.1) is 0 Å². The Balaban J connectivity index is 1.66. The standard InChI is InChI=1S/C23H16N2O3/c26-23(27)16-7-9-25-19(16)12-17-15-3-1-2-4-18(15)24-21(17)22(25)14-5-6-20-13(11-14)8-10-28-20/h1-11,22,24H,12H2,(H,26,27). The average molecular weight is 368 g/mol. The molecular formula is C23H16N2O3. The summed E-state index contributed by atoms with van der Waals surface area (Å²) in [5.41, 5.74) is 6.49. The van der Waals surface area contributed by atoms with E-state index in [4.69, 9.17) is 4.42 Å². The number of furan rings is 1. The number of nitrogens with one attached hydrogen (secondary N) is 1. The third-order valence-corrected chi connectivity index (χ3v) is 5.79. The molecule has 1 aliphatic heterocycles. The summed E-state index contributed by atoms with van der Waals surface area (Å²) in [6.45, 7) is 0. The molecule has 3 aromatic heterocycles. The monoisotopic (exact) mass is 368 g/mol. The van der Waals surface area contributed by atoms with Gasteiger partial charge in [0.2, 0.25) is 0 Å². The van der Waals surface area contributed by atoms with Gasteiger partial charge in [0.1, 0.15) is 5.58 Å². The lowest BCUT2D eigenvalue weighted by molar-refractivity contribution is 0.0695. The van der Waals surface area contributed by atoms with Crippen LogP contribution in [-0.4, -0.2) is 20.6 Å². The largest absolute Gasteiger partial charge is 0.478 e. The molecule has 0 saturated carbocycles. The highest BCUT2D eigenvalue weighted by Crippen LogP contribution is 2.41. The number of aromatic carboxylic acids is 1. The molecule has 136 valence electrons. The van der Waals surface area contributed by atoms with Gasteiger partial charge in [0, 0.05) is 40.3 Å². The van der Waals surface area contributed by atoms with Crippen molar-refractivity contribution in [1.29, 1.82) is 0 Å². The zero-order valence-electron chi connectivity index (χ0n) is 14.8. The molecule has 0 amide bonds. The van der Waals surface area contributed by atoms with Crippen LogP contribution in [0.1, 0.15) is 38.9 Å². The van der Waals surface area contributed by atoms with Crippen LogP contribution in [0.3, 0.4) is 0 Å². The molecule has 5 heteroatoms. The van der Waals surface area contributed by atoms with Gasteiger partial charge in [-0.1, -0.05) is 24.3 Å². The molecule has 2 N–H and O–H groups in total. The molecule has 0 saturated heterocycles. The molecule has 28 heavy (non-hydrogen) atoms. The number of carboxylic acids is 1. The maximum absolute atomic E-state index is 11.8. The van der Waals surface area contributed by atoms with Crippen LogP contribution in [0.5, 0.6) is 0 Å². The van der Waals surface area contributed by atoms with E-state index in [2.05, 4.69) is 33.8 Å². The summed E-state index contributed by atoms with van der Waals surface area (Å²) >= 11 is 0. The third-order valence-electron chi connectivity index (χ3n) is 5.79. The number of para-hydroxylation sites is 1. The van der Waals surface area contributed by atoms with E-state index in [-0.39, 0.29) is 6.04 Å². The van der Waals surface area contributed by atoms with Crippen LogP contribution in [0.25, 0.3) is 21.9 Å². The van der Waals surface area contributed by atoms with Gasteiger partial charge in [-0.25, -0.2) is 4.79 Å². The van der Waals surface area contributed by atoms with Crippen LogP contribution in [-0.2, 0) is 6.42 Å². The van der Waals surface area contributed by atoms with Crippen molar-refractivity contribution in [3.05, 3.63) is 95.1 Å². The van der Waals surface area contributed by atoms with E-state index in [0.717, 1.165) is 38.8 Å². The van der Waals surface area contributed by atoms with Crippen molar-refractivity contribution < 1.29 is 14.3 Å². The van der Waals surface area contributed by atoms with E-state index in [1.807, 2.05) is 30.5 Å². The normalized spacial score (nSPS) is 15.6. The number of benzene rings is 2. The van der Waals surface area contributed by atoms with Crippen molar-refractivity contribution in [2.45, 2.75) is 12.5 Å². The number of rotatable bonds is 2. The molecule has 0 fully saturated rings. The Morgan fingerprint density at radius 2 is 2.04 bits per heavy atom. The fourth-order valence-corrected chi connectivity index (χ4v) is 4.54. The van der Waals surface area contributed by atoms with Crippen LogP contribution in [0.2, 0.25) is 0 Å². The molecule has 6 rings (SSSR count). The highest BCUT2D eigenvalue weighted by molar-refractivity contribution is 5.91. The van der Waals surface area contributed by atoms with Gasteiger partial charge in [0.15, 0.2) is 0 Å². The number of nitrogens with zero attached hydrogens (tertiary/aromatic N) is 1. The Labute approximate surface area is 159 Å². The quantitative estimate of drug-likeness (QED) is 0.454. The van der Waals surface area contributed by atoms with Crippen LogP contribution in [0, 0.1) is 0 Å². The van der Waals surface area contributed by atoms with Crippen LogP contribution < -0.4 is 0 Å². The maximum atomic E-state index is 11.8. The first-order valence-corrected chi connectivity index (χ1v) is 9.20. The van der Waals surface area contributed by atoms with Crippen molar-refractivity contribution in [3.8, 4) is 0 Å². The van der Waals surface area contributed by atoms with Gasteiger partial charge in [0.05, 0.1) is 17.9 Å². The number of hydrogen-bond acceptors (Lipinski definition) is 2. The number of carboxylic acid groups (broad SMARTS) is 1. The first kappa shape index (κ1) is 15.3. The number of H-pyrrole nitrogens is 1. The molecular weight excluding hydrogens is 352 g/mol. The van der Waals surface area contributed by atoms with Crippen molar-refractivity contribution in [2.75, 3.05) is 0 Å². The van der Waals surface area contributed by atoms with Crippen molar-refractivity contribution in [2.24, 2.45) is 0 Å². The summed E-state index contributed by atoms with van der Waals surface area (Å²) in [4.78, 5) is 15.4. The molecule has 4 heterocycles. The van der Waals surface area contributed by atoms with E-state index < -0.39 is 5.97 Å². The lowest BCUT2D eigenvalue weighted by Crippen LogP contribution is -2.22. The lowest BCUT2D eigenvalue weighted by Gasteiger charge is -2.28. The molecule has 0 bridgehead atoms. The summed E-state index contributed by atoms with van der Waals surface area (Å²) < 4.78 is 7.58. The Kier molecular flexibility index (Phi) is 2.95. The zero-order chi connectivity index (χ0) is 18.8. The molecule has 5 aromatic rings. The first-order chi connectivity index (χ1) is 13.7. The Morgan fingerprint density at radius 1 is 1.14 bits per heavy atom. The number of aromatic amines is 1. The van der Waals surface area contributed by atoms with Crippen LogP contribution >= 0.6 is 0 Å². The maximum Gasteiger partial charge on any atom is 0.337 e. The fourth-order valence-electron chi connectivity index (χ4n) is 4.54. The van der Waals surface area contributed by atoms with E-state index in [1.54, 1.807) is 12.3 Å². The minimum atomic E-state index is -0.888. The second-order valence-corrected chi connectivity index (χ2v) is 7.25. The lowest BCUT2D eigenvalue weighted by atomic mass is 9.91. The van der Waals surface area contributed by atoms with Gasteiger partial charge >= 0.3 is 5.97 Å². The minimum Gasteiger partial charge on any atom is -0.478 e. The molecule has 1 unspecified atom stereocenters. The second kappa shape index (κ2) is 5.39. The highest BCUT2D eigenvalue weighted by Gasteiger charge is 2.32. The Hall–Kier alpha value is -3.73. The molecule has 0 radical (unpaired) electrons. The van der Waals surface area contributed by atoms with Crippen LogP contribution in [0.4, 0.5) is 0 Å². The summed E-state index contributed by atoms with van der Waals surface area (Å²) in [6.07, 6.45) is 4.17. The predicted octanol–water partition coefficient (Wildman–Crippen LogP) is 4.96. The molecule has 2 aromatic carbocycles. The predicted molar refractivity (Wildman–Crippen MR) is 106 cm³/mol. The second-order valence-electron chi connectivity index (χ2n) is 7.25. The fraction of sp³-hybridized carbons (Fsp3) is 0.0870. The summed E-state index contributed by atoms with van der Waals surface area (Å²) in [5, 5.41) is 11.9. The zero-order valence-corrected chi connectivity index (χ0v) is 14.8. The highest BCUT2D eigenvalue weighted by atomic mass is 16.4. The molecule has 5 nitrogen and oxygen atoms in total. The Bertz CT molecular complexity index is 1390. The van der Waals surface area contributed by atoms with Crippen molar-refractivity contribution in [1.82, 2.24) is 9.55 Å². The molecule has 1 aliphatic rings. The number of carbonyl (C=O) groups is 1. The Morgan fingerprint density at radius 3 is 2.93 bits per heavy atom. The van der Waals surface area contributed by atoms with Gasteiger partial charge in [-0.3, -0.25) is 0 Å². The summed E-state index contributed by atoms with van der Waals surface area (Å²) in [6, 6.07) is 17.9. The average Bonchev–Trinajstić information content (AvgIpc) is 3.41. The van der Waals surface area contributed by atoms with E-state index >= 15 is 0 Å². The molecule has 1 atom stereocenters. The number of hydrogen-bond donors (Lipinski definition) is 2. The van der Waals surface area contributed by atoms with Crippen molar-refractivity contribution in [3.63, 3.8) is 0 Å². The van der Waals surface area contributed by atoms with E-state index in [9.17, 15) is 9.90 Å². The number of fused-ring (bicyclic) bond motifs is 5. The van der Waals surface area contributed by atoms with Gasteiger partial charge in [-0.2, -0.15) is 0 Å². The summed E-state index contributed by atoms with van der Waals surface area (Å²) in [5.74, 6) is -0.888. The topological polar surface area (TPSA) is 71.2 Å². The molecule has 0 aliphatic carbocycles. The molecule has 0 spiro atoms. The summed E-state index contributed by atoms with van der Waals surface area (Å²) in [7, 11) is 0. The third kappa shape index (κ3) is 1.98.